The molecule has 1 aliphatic rings. The van der Waals surface area contributed by atoms with Crippen LogP contribution in [0.3, 0.4) is 0 Å². The Hall–Kier alpha value is -1.33. The van der Waals surface area contributed by atoms with E-state index in [9.17, 15) is 9.18 Å². The van der Waals surface area contributed by atoms with E-state index in [4.69, 9.17) is 16.3 Å². The maximum Gasteiger partial charge on any atom is 0.257 e. The number of carbonyl (C=O) groups excluding carboxylic acids is 1. The SMILES string of the molecule is O=C(COc1ccc(F)cc1Cl)NCC1CCCNC1. The number of rotatable bonds is 5. The summed E-state index contributed by atoms with van der Waals surface area (Å²) < 4.78 is 18.1. The van der Waals surface area contributed by atoms with Crippen LogP contribution in [0, 0.1) is 11.7 Å². The number of nitrogens with one attached hydrogen (secondary N) is 2. The van der Waals surface area contributed by atoms with Gasteiger partial charge in [-0.2, -0.15) is 0 Å². The summed E-state index contributed by atoms with van der Waals surface area (Å²) in [7, 11) is 0. The molecule has 110 valence electrons. The molecule has 2 N–H and O–H groups in total. The van der Waals surface area contributed by atoms with Crippen LogP contribution in [-0.4, -0.2) is 32.1 Å². The number of benzene rings is 1. The lowest BCUT2D eigenvalue weighted by Gasteiger charge is -2.22. The van der Waals surface area contributed by atoms with Gasteiger partial charge in [-0.05, 0) is 50.0 Å². The molecule has 1 saturated heterocycles. The molecule has 0 saturated carbocycles. The van der Waals surface area contributed by atoms with E-state index in [-0.39, 0.29) is 17.5 Å². The molecule has 2 rings (SSSR count). The number of hydrogen-bond acceptors (Lipinski definition) is 3. The highest BCUT2D eigenvalue weighted by molar-refractivity contribution is 6.32. The Labute approximate surface area is 122 Å². The van der Waals surface area contributed by atoms with Gasteiger partial charge in [0.25, 0.3) is 5.91 Å². The van der Waals surface area contributed by atoms with Gasteiger partial charge in [-0.1, -0.05) is 11.6 Å². The van der Waals surface area contributed by atoms with E-state index in [0.717, 1.165) is 32.0 Å². The zero-order chi connectivity index (χ0) is 14.4. The molecule has 6 heteroatoms. The van der Waals surface area contributed by atoms with Crippen LogP contribution in [-0.2, 0) is 4.79 Å². The van der Waals surface area contributed by atoms with E-state index >= 15 is 0 Å². The van der Waals surface area contributed by atoms with Crippen LogP contribution >= 0.6 is 11.6 Å². The van der Waals surface area contributed by atoms with Crippen LogP contribution in [0.15, 0.2) is 18.2 Å². The summed E-state index contributed by atoms with van der Waals surface area (Å²) in [4.78, 5) is 11.7. The highest BCUT2D eigenvalue weighted by atomic mass is 35.5. The number of hydrogen-bond donors (Lipinski definition) is 2. The average molecular weight is 301 g/mol. The zero-order valence-electron chi connectivity index (χ0n) is 11.1. The number of ether oxygens (including phenoxy) is 1. The zero-order valence-corrected chi connectivity index (χ0v) is 11.9. The Bertz CT molecular complexity index is 464. The van der Waals surface area contributed by atoms with Gasteiger partial charge in [0.05, 0.1) is 5.02 Å². The Balaban J connectivity index is 1.71. The first-order valence-corrected chi connectivity index (χ1v) is 7.08. The smallest absolute Gasteiger partial charge is 0.257 e. The van der Waals surface area contributed by atoms with Crippen molar-refractivity contribution >= 4 is 17.5 Å². The summed E-state index contributed by atoms with van der Waals surface area (Å²) in [6.45, 7) is 2.51. The van der Waals surface area contributed by atoms with Crippen molar-refractivity contribution in [3.8, 4) is 5.75 Å². The minimum atomic E-state index is -0.434. The molecule has 20 heavy (non-hydrogen) atoms. The molecule has 0 aromatic heterocycles. The molecule has 1 aromatic rings. The van der Waals surface area contributed by atoms with Gasteiger partial charge in [0.2, 0.25) is 0 Å². The van der Waals surface area contributed by atoms with Gasteiger partial charge in [-0.3, -0.25) is 4.79 Å². The summed E-state index contributed by atoms with van der Waals surface area (Å²) in [5, 5.41) is 6.29. The van der Waals surface area contributed by atoms with Crippen molar-refractivity contribution in [3.05, 3.63) is 29.0 Å². The van der Waals surface area contributed by atoms with Crippen LogP contribution in [0.2, 0.25) is 5.02 Å². The molecule has 0 aliphatic carbocycles. The molecule has 1 atom stereocenters. The van der Waals surface area contributed by atoms with Crippen molar-refractivity contribution in [1.82, 2.24) is 10.6 Å². The second-order valence-electron chi connectivity index (χ2n) is 4.88. The molecule has 0 spiro atoms. The normalized spacial score (nSPS) is 18.6. The van der Waals surface area contributed by atoms with E-state index < -0.39 is 5.82 Å². The Morgan fingerprint density at radius 3 is 3.10 bits per heavy atom. The molecule has 0 radical (unpaired) electrons. The predicted molar refractivity (Wildman–Crippen MR) is 75.5 cm³/mol. The molecule has 1 unspecified atom stereocenters. The third-order valence-electron chi connectivity index (χ3n) is 3.24. The van der Waals surface area contributed by atoms with Crippen molar-refractivity contribution in [1.29, 1.82) is 0 Å². The fraction of sp³-hybridized carbons (Fsp3) is 0.500. The largest absolute Gasteiger partial charge is 0.482 e. The van der Waals surface area contributed by atoms with E-state index in [2.05, 4.69) is 10.6 Å². The lowest BCUT2D eigenvalue weighted by molar-refractivity contribution is -0.123. The summed E-state index contributed by atoms with van der Waals surface area (Å²) in [5.41, 5.74) is 0. The Kier molecular flexibility index (Phi) is 5.61. The highest BCUT2D eigenvalue weighted by Gasteiger charge is 2.14. The minimum Gasteiger partial charge on any atom is -0.482 e. The minimum absolute atomic E-state index is 0.120. The number of carbonyl (C=O) groups is 1. The molecule has 1 fully saturated rings. The first-order valence-electron chi connectivity index (χ1n) is 6.70. The van der Waals surface area contributed by atoms with Crippen molar-refractivity contribution in [2.75, 3.05) is 26.2 Å². The first kappa shape index (κ1) is 15.1. The Morgan fingerprint density at radius 2 is 2.40 bits per heavy atom. The molecular formula is C14H18ClFN2O2. The lowest BCUT2D eigenvalue weighted by Crippen LogP contribution is -2.39. The quantitative estimate of drug-likeness (QED) is 0.874. The third kappa shape index (κ3) is 4.65. The van der Waals surface area contributed by atoms with Gasteiger partial charge < -0.3 is 15.4 Å². The van der Waals surface area contributed by atoms with Gasteiger partial charge in [0.15, 0.2) is 6.61 Å². The second-order valence-corrected chi connectivity index (χ2v) is 5.29. The molecule has 1 aromatic carbocycles. The van der Waals surface area contributed by atoms with Crippen molar-refractivity contribution in [2.45, 2.75) is 12.8 Å². The fourth-order valence-electron chi connectivity index (χ4n) is 2.14. The molecular weight excluding hydrogens is 283 g/mol. The van der Waals surface area contributed by atoms with Gasteiger partial charge in [-0.15, -0.1) is 0 Å². The standard InChI is InChI=1S/C14H18ClFN2O2/c15-12-6-11(16)3-4-13(12)20-9-14(19)18-8-10-2-1-5-17-7-10/h3-4,6,10,17H,1-2,5,7-9H2,(H,18,19). The van der Waals surface area contributed by atoms with Gasteiger partial charge in [-0.25, -0.2) is 4.39 Å². The van der Waals surface area contributed by atoms with Crippen LogP contribution in [0.1, 0.15) is 12.8 Å². The van der Waals surface area contributed by atoms with Crippen LogP contribution < -0.4 is 15.4 Å². The van der Waals surface area contributed by atoms with Crippen molar-refractivity contribution < 1.29 is 13.9 Å². The monoisotopic (exact) mass is 300 g/mol. The van der Waals surface area contributed by atoms with Crippen LogP contribution in [0.5, 0.6) is 5.75 Å². The van der Waals surface area contributed by atoms with E-state index in [1.807, 2.05) is 0 Å². The van der Waals surface area contributed by atoms with E-state index in [1.54, 1.807) is 0 Å². The lowest BCUT2D eigenvalue weighted by atomic mass is 10.00. The van der Waals surface area contributed by atoms with Gasteiger partial charge in [0, 0.05) is 6.54 Å². The molecule has 1 heterocycles. The van der Waals surface area contributed by atoms with E-state index in [1.165, 1.54) is 12.1 Å². The summed E-state index contributed by atoms with van der Waals surface area (Å²) in [6, 6.07) is 3.81. The third-order valence-corrected chi connectivity index (χ3v) is 3.53. The average Bonchev–Trinajstić information content (AvgIpc) is 2.45. The van der Waals surface area contributed by atoms with Crippen molar-refractivity contribution in [3.63, 3.8) is 0 Å². The van der Waals surface area contributed by atoms with Crippen LogP contribution in [0.25, 0.3) is 0 Å². The summed E-state index contributed by atoms with van der Waals surface area (Å²) in [6.07, 6.45) is 2.26. The maximum atomic E-state index is 12.8. The first-order chi connectivity index (χ1) is 9.65. The van der Waals surface area contributed by atoms with Gasteiger partial charge in [0.1, 0.15) is 11.6 Å². The predicted octanol–water partition coefficient (Wildman–Crippen LogP) is 1.97. The van der Waals surface area contributed by atoms with Crippen molar-refractivity contribution in [2.24, 2.45) is 5.92 Å². The number of amides is 1. The fourth-order valence-corrected chi connectivity index (χ4v) is 2.36. The molecule has 4 nitrogen and oxygen atoms in total. The summed E-state index contributed by atoms with van der Waals surface area (Å²) >= 11 is 5.81. The van der Waals surface area contributed by atoms with E-state index in [0.29, 0.717) is 18.2 Å². The Morgan fingerprint density at radius 1 is 1.55 bits per heavy atom. The second kappa shape index (κ2) is 7.45. The molecule has 0 bridgehead atoms. The number of halogens is 2. The topological polar surface area (TPSA) is 50.4 Å². The number of piperidine rings is 1. The van der Waals surface area contributed by atoms with Crippen LogP contribution in [0.4, 0.5) is 4.39 Å². The van der Waals surface area contributed by atoms with Gasteiger partial charge >= 0.3 is 0 Å². The maximum absolute atomic E-state index is 12.8. The molecule has 1 aliphatic heterocycles. The molecule has 1 amide bonds. The summed E-state index contributed by atoms with van der Waals surface area (Å²) in [5.74, 6) is 0.150. The highest BCUT2D eigenvalue weighted by Crippen LogP contribution is 2.24.